The molecule has 0 unspecified atom stereocenters. The van der Waals surface area contributed by atoms with Crippen LogP contribution in [0.3, 0.4) is 0 Å². The van der Waals surface area contributed by atoms with Crippen molar-refractivity contribution in [3.8, 4) is 0 Å². The minimum Gasteiger partial charge on any atom is -0.480 e. The second kappa shape index (κ2) is 8.14. The molecule has 2 N–H and O–H groups in total. The van der Waals surface area contributed by atoms with E-state index in [-0.39, 0.29) is 6.42 Å². The number of hydrogen-bond donors (Lipinski definition) is 2. The smallest absolute Gasteiger partial charge is 0.419 e. The lowest BCUT2D eigenvalue weighted by atomic mass is 10.1. The molecule has 8 heteroatoms. The molecular weight excluding hydrogens is 376 g/mol. The van der Waals surface area contributed by atoms with Crippen LogP contribution in [0, 0.1) is 0 Å². The number of carbonyl (C=O) groups excluding carboxylic acids is 2. The predicted octanol–water partition coefficient (Wildman–Crippen LogP) is 3.94. The van der Waals surface area contributed by atoms with Crippen LogP contribution in [0.5, 0.6) is 0 Å². The largest absolute Gasteiger partial charge is 0.480 e. The number of ether oxygens (including phenoxy) is 2. The molecule has 1 aromatic carbocycles. The van der Waals surface area contributed by atoms with Crippen LogP contribution in [0.2, 0.25) is 0 Å². The summed E-state index contributed by atoms with van der Waals surface area (Å²) >= 11 is 0. The van der Waals surface area contributed by atoms with Crippen LogP contribution in [0.4, 0.5) is 9.59 Å². The second-order valence-corrected chi connectivity index (χ2v) is 8.76. The van der Waals surface area contributed by atoms with E-state index >= 15 is 0 Å². The van der Waals surface area contributed by atoms with Crippen LogP contribution in [0.15, 0.2) is 30.5 Å². The molecule has 0 saturated carbocycles. The first-order chi connectivity index (χ1) is 13.3. The fourth-order valence-electron chi connectivity index (χ4n) is 2.74. The number of hydrogen-bond acceptors (Lipinski definition) is 5. The van der Waals surface area contributed by atoms with Crippen molar-refractivity contribution in [2.75, 3.05) is 0 Å². The van der Waals surface area contributed by atoms with Gasteiger partial charge in [0.05, 0.1) is 5.52 Å². The third kappa shape index (κ3) is 6.23. The highest BCUT2D eigenvalue weighted by molar-refractivity contribution is 5.92. The van der Waals surface area contributed by atoms with E-state index < -0.39 is 35.4 Å². The Morgan fingerprint density at radius 3 is 2.17 bits per heavy atom. The van der Waals surface area contributed by atoms with Gasteiger partial charge in [-0.2, -0.15) is 0 Å². The Morgan fingerprint density at radius 2 is 1.62 bits per heavy atom. The molecule has 1 heterocycles. The lowest BCUT2D eigenvalue weighted by Gasteiger charge is -2.22. The summed E-state index contributed by atoms with van der Waals surface area (Å²) in [6, 6.07) is 5.89. The molecule has 158 valence electrons. The maximum Gasteiger partial charge on any atom is 0.419 e. The average molecular weight is 404 g/mol. The summed E-state index contributed by atoms with van der Waals surface area (Å²) in [5, 5.41) is 12.6. The van der Waals surface area contributed by atoms with Gasteiger partial charge in [0.25, 0.3) is 0 Å². The maximum atomic E-state index is 12.6. The average Bonchev–Trinajstić information content (AvgIpc) is 2.90. The lowest BCUT2D eigenvalue weighted by molar-refractivity contribution is -0.139. The Hall–Kier alpha value is -3.03. The topological polar surface area (TPSA) is 107 Å². The first-order valence-corrected chi connectivity index (χ1v) is 9.31. The molecule has 0 spiro atoms. The highest BCUT2D eigenvalue weighted by Crippen LogP contribution is 2.24. The van der Waals surface area contributed by atoms with Crippen LogP contribution in [-0.2, 0) is 20.7 Å². The molecule has 1 amide bonds. The molecule has 0 aliphatic carbocycles. The van der Waals surface area contributed by atoms with Gasteiger partial charge in [-0.3, -0.25) is 4.57 Å². The maximum absolute atomic E-state index is 12.6. The minimum atomic E-state index is -1.22. The van der Waals surface area contributed by atoms with Crippen molar-refractivity contribution in [1.29, 1.82) is 0 Å². The molecule has 0 bridgehead atoms. The second-order valence-electron chi connectivity index (χ2n) is 8.76. The van der Waals surface area contributed by atoms with Crippen molar-refractivity contribution in [1.82, 2.24) is 9.88 Å². The normalized spacial score (nSPS) is 13.0. The van der Waals surface area contributed by atoms with Crippen molar-refractivity contribution in [3.63, 3.8) is 0 Å². The number of benzene rings is 1. The van der Waals surface area contributed by atoms with Crippen molar-refractivity contribution in [3.05, 3.63) is 36.0 Å². The zero-order valence-electron chi connectivity index (χ0n) is 17.6. The number of carbonyl (C=O) groups is 3. The molecule has 0 saturated heterocycles. The Labute approximate surface area is 169 Å². The predicted molar refractivity (Wildman–Crippen MR) is 108 cm³/mol. The molecule has 0 aliphatic rings. The summed E-state index contributed by atoms with van der Waals surface area (Å²) < 4.78 is 11.9. The monoisotopic (exact) mass is 404 g/mol. The summed E-state index contributed by atoms with van der Waals surface area (Å²) in [7, 11) is 0. The van der Waals surface area contributed by atoms with Gasteiger partial charge in [-0.25, -0.2) is 14.4 Å². The van der Waals surface area contributed by atoms with Crippen LogP contribution in [0.25, 0.3) is 10.9 Å². The number of alkyl carbamates (subject to hydrolysis) is 1. The van der Waals surface area contributed by atoms with E-state index in [4.69, 9.17) is 9.47 Å². The van der Waals surface area contributed by atoms with E-state index in [9.17, 15) is 19.5 Å². The van der Waals surface area contributed by atoms with Crippen molar-refractivity contribution < 1.29 is 29.0 Å². The highest BCUT2D eigenvalue weighted by Gasteiger charge is 2.27. The number of nitrogens with one attached hydrogen (secondary N) is 1. The van der Waals surface area contributed by atoms with Crippen LogP contribution in [-0.4, -0.2) is 45.1 Å². The number of para-hydroxylation sites is 1. The molecule has 2 rings (SSSR count). The Balaban J connectivity index is 2.33. The molecule has 2 aromatic rings. The minimum absolute atomic E-state index is 0.0229. The van der Waals surface area contributed by atoms with Crippen molar-refractivity contribution in [2.24, 2.45) is 0 Å². The Bertz CT molecular complexity index is 917. The van der Waals surface area contributed by atoms with Gasteiger partial charge in [0.15, 0.2) is 0 Å². The number of carboxylic acids is 1. The van der Waals surface area contributed by atoms with E-state index in [0.29, 0.717) is 16.5 Å². The number of carboxylic acid groups (broad SMARTS) is 1. The number of aliphatic carboxylic acids is 1. The fraction of sp³-hybridized carbons (Fsp3) is 0.476. The molecule has 0 aliphatic heterocycles. The zero-order valence-corrected chi connectivity index (χ0v) is 17.6. The molecule has 1 aromatic heterocycles. The first kappa shape index (κ1) is 22.3. The zero-order chi connectivity index (χ0) is 22.0. The number of rotatable bonds is 4. The van der Waals surface area contributed by atoms with E-state index in [1.54, 1.807) is 72.0 Å². The third-order valence-electron chi connectivity index (χ3n) is 3.80. The molecule has 8 nitrogen and oxygen atoms in total. The van der Waals surface area contributed by atoms with Crippen LogP contribution in [0.1, 0.15) is 47.1 Å². The Morgan fingerprint density at radius 1 is 1.03 bits per heavy atom. The van der Waals surface area contributed by atoms with E-state index in [1.807, 2.05) is 0 Å². The van der Waals surface area contributed by atoms with Gasteiger partial charge in [-0.15, -0.1) is 0 Å². The van der Waals surface area contributed by atoms with Crippen LogP contribution < -0.4 is 5.32 Å². The van der Waals surface area contributed by atoms with Crippen molar-refractivity contribution in [2.45, 2.75) is 65.2 Å². The van der Waals surface area contributed by atoms with Gasteiger partial charge in [0, 0.05) is 18.0 Å². The van der Waals surface area contributed by atoms with E-state index in [1.165, 1.54) is 4.57 Å². The molecule has 1 atom stereocenters. The molecular formula is C21H28N2O6. The first-order valence-electron chi connectivity index (χ1n) is 9.31. The summed E-state index contributed by atoms with van der Waals surface area (Å²) in [5.74, 6) is -1.20. The third-order valence-corrected chi connectivity index (χ3v) is 3.80. The van der Waals surface area contributed by atoms with Gasteiger partial charge < -0.3 is 19.9 Å². The molecule has 0 fully saturated rings. The van der Waals surface area contributed by atoms with Gasteiger partial charge in [-0.05, 0) is 53.2 Å². The van der Waals surface area contributed by atoms with Gasteiger partial charge in [-0.1, -0.05) is 18.2 Å². The number of aromatic nitrogens is 1. The summed E-state index contributed by atoms with van der Waals surface area (Å²) in [4.78, 5) is 36.3. The molecule has 0 radical (unpaired) electrons. The SMILES string of the molecule is CC(C)(C)OC(=O)N[C@H](Cc1cn(C(=O)OC(C)(C)C)c2ccccc12)C(=O)O. The molecule has 29 heavy (non-hydrogen) atoms. The Kier molecular flexibility index (Phi) is 6.25. The summed E-state index contributed by atoms with van der Waals surface area (Å²) in [6.45, 7) is 10.4. The lowest BCUT2D eigenvalue weighted by Crippen LogP contribution is -2.44. The van der Waals surface area contributed by atoms with E-state index in [2.05, 4.69) is 5.32 Å². The van der Waals surface area contributed by atoms with Gasteiger partial charge >= 0.3 is 18.2 Å². The van der Waals surface area contributed by atoms with E-state index in [0.717, 1.165) is 0 Å². The highest BCUT2D eigenvalue weighted by atomic mass is 16.6. The fourth-order valence-corrected chi connectivity index (χ4v) is 2.74. The van der Waals surface area contributed by atoms with Crippen molar-refractivity contribution >= 4 is 29.1 Å². The standard InChI is InChI=1S/C21H28N2O6/c1-20(2,3)28-18(26)22-15(17(24)25)11-13-12-23(19(27)29-21(4,5)6)16-10-8-7-9-14(13)16/h7-10,12,15H,11H2,1-6H3,(H,22,26)(H,24,25)/t15-/m1/s1. The van der Waals surface area contributed by atoms with Crippen LogP contribution >= 0.6 is 0 Å². The summed E-state index contributed by atoms with van der Waals surface area (Å²) in [5.41, 5.74) is -0.238. The number of nitrogens with zero attached hydrogens (tertiary/aromatic N) is 1. The van der Waals surface area contributed by atoms with Gasteiger partial charge in [0.1, 0.15) is 17.2 Å². The number of fused-ring (bicyclic) bond motifs is 1. The summed E-state index contributed by atoms with van der Waals surface area (Å²) in [6.07, 6.45) is 0.142. The van der Waals surface area contributed by atoms with Gasteiger partial charge in [0.2, 0.25) is 0 Å². The quantitative estimate of drug-likeness (QED) is 0.799. The number of amides is 1.